The van der Waals surface area contributed by atoms with E-state index in [1.165, 1.54) is 19.2 Å². The summed E-state index contributed by atoms with van der Waals surface area (Å²) in [6.45, 7) is 1.87. The highest BCUT2D eigenvalue weighted by Crippen LogP contribution is 2.34. The van der Waals surface area contributed by atoms with Crippen LogP contribution in [0.2, 0.25) is 10.0 Å². The highest BCUT2D eigenvalue weighted by atomic mass is 35.5. The van der Waals surface area contributed by atoms with Gasteiger partial charge in [0, 0.05) is 22.5 Å². The Kier molecular flexibility index (Phi) is 5.13. The van der Waals surface area contributed by atoms with Crippen LogP contribution in [0.3, 0.4) is 0 Å². The zero-order chi connectivity index (χ0) is 20.5. The van der Waals surface area contributed by atoms with Crippen LogP contribution in [0, 0.1) is 6.92 Å². The summed E-state index contributed by atoms with van der Waals surface area (Å²) in [7, 11) is 1.44. The van der Waals surface area contributed by atoms with Gasteiger partial charge in [0.2, 0.25) is 5.89 Å². The first-order valence-electron chi connectivity index (χ1n) is 8.64. The molecule has 0 fully saturated rings. The number of methoxy groups -OCH3 is 1. The molecule has 0 aliphatic carbocycles. The molecule has 1 N–H and O–H groups in total. The number of carbonyl (C=O) groups is 1. The molecule has 0 unspecified atom stereocenters. The first-order valence-corrected chi connectivity index (χ1v) is 9.39. The number of amides is 1. The van der Waals surface area contributed by atoms with Gasteiger partial charge in [-0.1, -0.05) is 29.3 Å². The summed E-state index contributed by atoms with van der Waals surface area (Å²) >= 11 is 12.2. The normalized spacial score (nSPS) is 10.9. The van der Waals surface area contributed by atoms with Crippen molar-refractivity contribution in [2.75, 3.05) is 12.4 Å². The van der Waals surface area contributed by atoms with E-state index in [9.17, 15) is 4.79 Å². The zero-order valence-corrected chi connectivity index (χ0v) is 17.0. The number of nitrogens with one attached hydrogen (secondary N) is 1. The second-order valence-corrected chi connectivity index (χ2v) is 7.09. The lowest BCUT2D eigenvalue weighted by Gasteiger charge is -2.14. The second kappa shape index (κ2) is 7.73. The molecule has 2 aromatic heterocycles. The number of nitrogens with zero attached hydrogens (tertiary/aromatic N) is 2. The maximum Gasteiger partial charge on any atom is 0.259 e. The minimum Gasteiger partial charge on any atom is -0.494 e. The van der Waals surface area contributed by atoms with E-state index < -0.39 is 5.91 Å². The van der Waals surface area contributed by atoms with Crippen molar-refractivity contribution in [2.24, 2.45) is 0 Å². The van der Waals surface area contributed by atoms with Crippen molar-refractivity contribution in [3.63, 3.8) is 0 Å². The van der Waals surface area contributed by atoms with Crippen molar-refractivity contribution < 1.29 is 13.9 Å². The molecule has 0 radical (unpaired) electrons. The van der Waals surface area contributed by atoms with E-state index >= 15 is 0 Å². The fourth-order valence-corrected chi connectivity index (χ4v) is 3.58. The first kappa shape index (κ1) is 19.2. The molecule has 2 aromatic carbocycles. The minimum atomic E-state index is -0.397. The molecule has 0 atom stereocenters. The molecular formula is C21H15Cl2N3O3. The van der Waals surface area contributed by atoms with Crippen molar-refractivity contribution in [3.05, 3.63) is 69.8 Å². The number of hydrogen-bond acceptors (Lipinski definition) is 5. The lowest BCUT2D eigenvalue weighted by Crippen LogP contribution is -2.14. The maximum atomic E-state index is 12.9. The molecule has 4 aromatic rings. The van der Waals surface area contributed by atoms with Crippen LogP contribution in [0.1, 0.15) is 15.9 Å². The molecule has 4 rings (SSSR count). The van der Waals surface area contributed by atoms with E-state index in [0.29, 0.717) is 27.8 Å². The Bertz CT molecular complexity index is 1200. The van der Waals surface area contributed by atoms with Crippen LogP contribution in [0.5, 0.6) is 5.75 Å². The average Bonchev–Trinajstić information content (AvgIpc) is 3.13. The van der Waals surface area contributed by atoms with Gasteiger partial charge in [0.1, 0.15) is 5.75 Å². The molecule has 8 heteroatoms. The number of oxazole rings is 1. The van der Waals surface area contributed by atoms with Crippen molar-refractivity contribution in [1.82, 2.24) is 9.97 Å². The number of carbonyl (C=O) groups excluding carboxylic acids is 1. The molecule has 0 spiro atoms. The number of aromatic nitrogens is 2. The van der Waals surface area contributed by atoms with Gasteiger partial charge < -0.3 is 14.5 Å². The van der Waals surface area contributed by atoms with E-state index in [4.69, 9.17) is 32.4 Å². The van der Waals surface area contributed by atoms with E-state index in [1.807, 2.05) is 19.1 Å². The van der Waals surface area contributed by atoms with Gasteiger partial charge in [-0.15, -0.1) is 0 Å². The molecule has 0 aliphatic heterocycles. The van der Waals surface area contributed by atoms with Crippen LogP contribution >= 0.6 is 23.2 Å². The molecule has 0 aliphatic rings. The molecule has 0 bridgehead atoms. The van der Waals surface area contributed by atoms with E-state index in [2.05, 4.69) is 15.3 Å². The van der Waals surface area contributed by atoms with Crippen LogP contribution in [0.4, 0.5) is 5.69 Å². The van der Waals surface area contributed by atoms with Crippen molar-refractivity contribution in [1.29, 1.82) is 0 Å². The van der Waals surface area contributed by atoms with Crippen molar-refractivity contribution in [3.8, 4) is 17.2 Å². The van der Waals surface area contributed by atoms with Gasteiger partial charge in [0.15, 0.2) is 11.2 Å². The van der Waals surface area contributed by atoms with Crippen LogP contribution in [-0.4, -0.2) is 23.0 Å². The number of halogens is 2. The van der Waals surface area contributed by atoms with Crippen LogP contribution < -0.4 is 10.1 Å². The summed E-state index contributed by atoms with van der Waals surface area (Å²) in [6.07, 6.45) is 1.65. The number of fused-ring (bicyclic) bond motifs is 1. The summed E-state index contributed by atoms with van der Waals surface area (Å²) in [5.41, 5.74) is 3.49. The fourth-order valence-electron chi connectivity index (χ4n) is 3.01. The predicted molar refractivity (Wildman–Crippen MR) is 113 cm³/mol. The van der Waals surface area contributed by atoms with E-state index in [0.717, 1.165) is 11.1 Å². The Morgan fingerprint density at radius 3 is 2.76 bits per heavy atom. The number of ether oxygens (including phenoxy) is 1. The molecule has 0 saturated carbocycles. The number of hydrogen-bond donors (Lipinski definition) is 1. The van der Waals surface area contributed by atoms with Crippen LogP contribution in [0.15, 0.2) is 53.1 Å². The third-order valence-corrected chi connectivity index (χ3v) is 4.93. The van der Waals surface area contributed by atoms with Gasteiger partial charge >= 0.3 is 0 Å². The lowest BCUT2D eigenvalue weighted by atomic mass is 10.1. The Balaban J connectivity index is 1.70. The predicted octanol–water partition coefficient (Wildman–Crippen LogP) is 5.77. The van der Waals surface area contributed by atoms with Crippen molar-refractivity contribution in [2.45, 2.75) is 6.92 Å². The lowest BCUT2D eigenvalue weighted by molar-refractivity contribution is 0.102. The van der Waals surface area contributed by atoms with Gasteiger partial charge in [0.25, 0.3) is 5.91 Å². The van der Waals surface area contributed by atoms with Gasteiger partial charge in [-0.05, 0) is 48.9 Å². The molecule has 29 heavy (non-hydrogen) atoms. The van der Waals surface area contributed by atoms with Gasteiger partial charge in [-0.25, -0.2) is 4.98 Å². The molecule has 0 saturated heterocycles. The summed E-state index contributed by atoms with van der Waals surface area (Å²) < 4.78 is 11.1. The Labute approximate surface area is 176 Å². The average molecular weight is 428 g/mol. The maximum absolute atomic E-state index is 12.9. The number of benzene rings is 2. The third kappa shape index (κ3) is 3.64. The summed E-state index contributed by atoms with van der Waals surface area (Å²) in [4.78, 5) is 21.5. The molecule has 146 valence electrons. The topological polar surface area (TPSA) is 77.2 Å². The first-order chi connectivity index (χ1) is 14.0. The minimum absolute atomic E-state index is 0.237. The summed E-state index contributed by atoms with van der Waals surface area (Å²) in [6, 6.07) is 12.1. The summed E-state index contributed by atoms with van der Waals surface area (Å²) in [5, 5.41) is 3.48. The highest BCUT2D eigenvalue weighted by Gasteiger charge is 2.19. The molecule has 6 nitrogen and oxygen atoms in total. The second-order valence-electron chi connectivity index (χ2n) is 6.24. The van der Waals surface area contributed by atoms with E-state index in [-0.39, 0.29) is 16.3 Å². The molecule has 1 amide bonds. The Morgan fingerprint density at radius 2 is 2.00 bits per heavy atom. The molecule has 2 heterocycles. The Morgan fingerprint density at radius 1 is 1.17 bits per heavy atom. The largest absolute Gasteiger partial charge is 0.494 e. The number of pyridine rings is 1. The van der Waals surface area contributed by atoms with Gasteiger partial charge in [-0.3, -0.25) is 4.79 Å². The van der Waals surface area contributed by atoms with Crippen LogP contribution in [-0.2, 0) is 0 Å². The molecular weight excluding hydrogens is 413 g/mol. The number of anilines is 1. The fraction of sp³-hybridized carbons (Fsp3) is 0.0952. The smallest absolute Gasteiger partial charge is 0.259 e. The van der Waals surface area contributed by atoms with Crippen LogP contribution in [0.25, 0.3) is 22.7 Å². The monoisotopic (exact) mass is 427 g/mol. The Hall–Kier alpha value is -3.09. The standard InChI is InChI=1S/C21H15Cl2N3O3/c1-11-13(21-26-19-17(29-21)7-4-8-24-19)5-3-6-16(11)25-20(27)14-9-12(22)10-15(23)18(14)28-2/h3-10H,1-2H3,(H,25,27). The van der Waals surface area contributed by atoms with Crippen molar-refractivity contribution >= 4 is 46.0 Å². The summed E-state index contributed by atoms with van der Waals surface area (Å²) in [5.74, 6) is 0.286. The third-order valence-electron chi connectivity index (χ3n) is 4.43. The SMILES string of the molecule is COc1c(Cl)cc(Cl)cc1C(=O)Nc1cccc(-c2nc3ncccc3o2)c1C. The zero-order valence-electron chi connectivity index (χ0n) is 15.5. The van der Waals surface area contributed by atoms with Gasteiger partial charge in [-0.2, -0.15) is 4.98 Å². The van der Waals surface area contributed by atoms with E-state index in [1.54, 1.807) is 24.4 Å². The number of rotatable bonds is 4. The highest BCUT2D eigenvalue weighted by molar-refractivity contribution is 6.36. The quantitative estimate of drug-likeness (QED) is 0.447. The van der Waals surface area contributed by atoms with Gasteiger partial charge in [0.05, 0.1) is 17.7 Å².